The van der Waals surface area contributed by atoms with Gasteiger partial charge in [-0.3, -0.25) is 25.7 Å². The Morgan fingerprint density at radius 2 is 2.05 bits per heavy atom. The third-order valence-corrected chi connectivity index (χ3v) is 2.37. The van der Waals surface area contributed by atoms with Crippen molar-refractivity contribution < 1.29 is 9.85 Å². The van der Waals surface area contributed by atoms with Gasteiger partial charge in [0.05, 0.1) is 15.9 Å². The number of hydrogen-bond acceptors (Lipinski definition) is 6. The average molecular weight is 278 g/mol. The van der Waals surface area contributed by atoms with E-state index in [0.29, 0.717) is 0 Å². The highest BCUT2D eigenvalue weighted by molar-refractivity contribution is 5.78. The van der Waals surface area contributed by atoms with Gasteiger partial charge in [0.15, 0.2) is 0 Å². The maximum absolute atomic E-state index is 10.9. The van der Waals surface area contributed by atoms with Crippen molar-refractivity contribution in [2.24, 2.45) is 5.10 Å². The lowest BCUT2D eigenvalue weighted by Crippen LogP contribution is -1.98. The van der Waals surface area contributed by atoms with Crippen molar-refractivity contribution >= 4 is 23.3 Å². The van der Waals surface area contributed by atoms with Crippen LogP contribution in [0.4, 0.5) is 17.1 Å². The van der Waals surface area contributed by atoms with Gasteiger partial charge in [-0.25, -0.2) is 0 Å². The van der Waals surface area contributed by atoms with E-state index in [1.165, 1.54) is 18.3 Å². The molecule has 0 amide bonds. The number of hydrazone groups is 1. The maximum Gasteiger partial charge on any atom is 0.301 e. The topological polar surface area (TPSA) is 111 Å². The molecule has 0 fully saturated rings. The molecular formula is C12H14N4O4. The first-order valence-corrected chi connectivity index (χ1v) is 5.84. The molecule has 0 bridgehead atoms. The van der Waals surface area contributed by atoms with Gasteiger partial charge in [-0.15, -0.1) is 0 Å². The molecule has 0 aromatic heterocycles. The van der Waals surface area contributed by atoms with Crippen LogP contribution < -0.4 is 5.43 Å². The number of anilines is 1. The van der Waals surface area contributed by atoms with Gasteiger partial charge in [0.25, 0.3) is 5.69 Å². The van der Waals surface area contributed by atoms with Crippen LogP contribution in [0.1, 0.15) is 20.3 Å². The van der Waals surface area contributed by atoms with E-state index in [0.717, 1.165) is 18.1 Å². The van der Waals surface area contributed by atoms with Crippen LogP contribution in [0.25, 0.3) is 0 Å². The van der Waals surface area contributed by atoms with Gasteiger partial charge in [-0.05, 0) is 25.0 Å². The van der Waals surface area contributed by atoms with Gasteiger partial charge in [0, 0.05) is 12.3 Å². The molecule has 1 rings (SSSR count). The molecule has 0 aliphatic carbocycles. The molecule has 0 saturated heterocycles. The molecule has 0 saturated carbocycles. The van der Waals surface area contributed by atoms with Gasteiger partial charge in [-0.2, -0.15) is 5.10 Å². The van der Waals surface area contributed by atoms with Crippen LogP contribution in [-0.2, 0) is 0 Å². The summed E-state index contributed by atoms with van der Waals surface area (Å²) in [6.45, 7) is 3.82. The van der Waals surface area contributed by atoms with Crippen molar-refractivity contribution in [2.75, 3.05) is 5.43 Å². The molecule has 0 heterocycles. The number of nitrogens with one attached hydrogen (secondary N) is 1. The zero-order valence-corrected chi connectivity index (χ0v) is 11.1. The molecule has 20 heavy (non-hydrogen) atoms. The van der Waals surface area contributed by atoms with Gasteiger partial charge in [-0.1, -0.05) is 13.0 Å². The molecule has 1 aromatic rings. The van der Waals surface area contributed by atoms with E-state index in [1.807, 2.05) is 19.9 Å². The number of nitro groups is 2. The molecule has 0 atom stereocenters. The third kappa shape index (κ3) is 4.16. The second-order valence-electron chi connectivity index (χ2n) is 3.94. The maximum atomic E-state index is 10.9. The molecule has 0 spiro atoms. The smallest absolute Gasteiger partial charge is 0.272 e. The van der Waals surface area contributed by atoms with Crippen molar-refractivity contribution in [2.45, 2.75) is 20.3 Å². The SMILES string of the molecule is CC/C=C(C)/C=N\Nc1ccc([N+](=O)[O-])cc1[N+](=O)[O-]. The molecule has 0 aliphatic rings. The van der Waals surface area contributed by atoms with Crippen LogP contribution in [0.5, 0.6) is 0 Å². The lowest BCUT2D eigenvalue weighted by atomic mass is 10.2. The molecule has 0 radical (unpaired) electrons. The number of non-ortho nitro benzene ring substituents is 1. The van der Waals surface area contributed by atoms with Gasteiger partial charge in [0.2, 0.25) is 0 Å². The fourth-order valence-electron chi connectivity index (χ4n) is 1.46. The summed E-state index contributed by atoms with van der Waals surface area (Å²) >= 11 is 0. The zero-order valence-electron chi connectivity index (χ0n) is 11.1. The lowest BCUT2D eigenvalue weighted by molar-refractivity contribution is -0.393. The second kappa shape index (κ2) is 6.98. The van der Waals surface area contributed by atoms with Gasteiger partial charge in [0.1, 0.15) is 5.69 Å². The van der Waals surface area contributed by atoms with Crippen molar-refractivity contribution in [3.63, 3.8) is 0 Å². The fraction of sp³-hybridized carbons (Fsp3) is 0.250. The van der Waals surface area contributed by atoms with E-state index < -0.39 is 15.5 Å². The lowest BCUT2D eigenvalue weighted by Gasteiger charge is -2.01. The first-order valence-electron chi connectivity index (χ1n) is 5.84. The van der Waals surface area contributed by atoms with E-state index in [1.54, 1.807) is 0 Å². The Bertz CT molecular complexity index is 581. The average Bonchev–Trinajstić information content (AvgIpc) is 2.38. The summed E-state index contributed by atoms with van der Waals surface area (Å²) in [6.07, 6.45) is 4.32. The zero-order chi connectivity index (χ0) is 15.1. The minimum absolute atomic E-state index is 0.0983. The standard InChI is InChI=1S/C12H14N4O4/c1-3-4-9(2)8-13-14-11-6-5-10(15(17)18)7-12(11)16(19)20/h4-8,14H,3H2,1-2H3/b9-4+,13-8-. The molecular weight excluding hydrogens is 264 g/mol. The summed E-state index contributed by atoms with van der Waals surface area (Å²) in [7, 11) is 0. The number of nitro benzene ring substituents is 2. The van der Waals surface area contributed by atoms with Crippen molar-refractivity contribution in [3.05, 3.63) is 50.1 Å². The normalized spacial score (nSPS) is 11.6. The van der Waals surface area contributed by atoms with Crippen LogP contribution in [0.3, 0.4) is 0 Å². The fourth-order valence-corrected chi connectivity index (χ4v) is 1.46. The quantitative estimate of drug-likeness (QED) is 0.487. The van der Waals surface area contributed by atoms with Crippen LogP contribution in [0, 0.1) is 20.2 Å². The number of benzene rings is 1. The summed E-state index contributed by atoms with van der Waals surface area (Å²) in [4.78, 5) is 20.1. The number of allylic oxidation sites excluding steroid dienone is 2. The predicted molar refractivity (Wildman–Crippen MR) is 75.9 cm³/mol. The first kappa shape index (κ1) is 15.3. The summed E-state index contributed by atoms with van der Waals surface area (Å²) in [5, 5.41) is 25.3. The molecule has 1 N–H and O–H groups in total. The Morgan fingerprint density at radius 1 is 1.35 bits per heavy atom. The molecule has 8 nitrogen and oxygen atoms in total. The minimum atomic E-state index is -0.695. The second-order valence-corrected chi connectivity index (χ2v) is 3.94. The molecule has 1 aromatic carbocycles. The molecule has 0 unspecified atom stereocenters. The highest BCUT2D eigenvalue weighted by Crippen LogP contribution is 2.28. The minimum Gasteiger partial charge on any atom is -0.272 e. The predicted octanol–water partition coefficient (Wildman–Crippen LogP) is 3.26. The van der Waals surface area contributed by atoms with Gasteiger partial charge >= 0.3 is 5.69 Å². The Morgan fingerprint density at radius 3 is 2.60 bits per heavy atom. The third-order valence-electron chi connectivity index (χ3n) is 2.37. The van der Waals surface area contributed by atoms with E-state index in [9.17, 15) is 20.2 Å². The number of rotatable bonds is 6. The first-order chi connectivity index (χ1) is 9.45. The van der Waals surface area contributed by atoms with Crippen LogP contribution in [0.2, 0.25) is 0 Å². The highest BCUT2D eigenvalue weighted by atomic mass is 16.6. The van der Waals surface area contributed by atoms with Gasteiger partial charge < -0.3 is 0 Å². The largest absolute Gasteiger partial charge is 0.301 e. The summed E-state index contributed by atoms with van der Waals surface area (Å²) in [6, 6.07) is 3.33. The van der Waals surface area contributed by atoms with E-state index in [-0.39, 0.29) is 11.4 Å². The van der Waals surface area contributed by atoms with Crippen molar-refractivity contribution in [1.29, 1.82) is 0 Å². The molecule has 106 valence electrons. The number of nitrogens with zero attached hydrogens (tertiary/aromatic N) is 3. The monoisotopic (exact) mass is 278 g/mol. The van der Waals surface area contributed by atoms with E-state index >= 15 is 0 Å². The van der Waals surface area contributed by atoms with Crippen LogP contribution in [0.15, 0.2) is 34.9 Å². The Balaban J connectivity index is 2.98. The molecule has 0 aliphatic heterocycles. The highest BCUT2D eigenvalue weighted by Gasteiger charge is 2.18. The summed E-state index contributed by atoms with van der Waals surface area (Å²) in [5.74, 6) is 0. The van der Waals surface area contributed by atoms with Crippen molar-refractivity contribution in [1.82, 2.24) is 0 Å². The van der Waals surface area contributed by atoms with E-state index in [4.69, 9.17) is 0 Å². The summed E-state index contributed by atoms with van der Waals surface area (Å²) < 4.78 is 0. The Labute approximate surface area is 115 Å². The van der Waals surface area contributed by atoms with Crippen LogP contribution in [-0.4, -0.2) is 16.1 Å². The molecule has 8 heteroatoms. The summed E-state index contributed by atoms with van der Waals surface area (Å²) in [5.41, 5.74) is 2.79. The van der Waals surface area contributed by atoms with Crippen LogP contribution >= 0.6 is 0 Å². The Hall–Kier alpha value is -2.77. The van der Waals surface area contributed by atoms with E-state index in [2.05, 4.69) is 10.5 Å². The number of hydrogen-bond donors (Lipinski definition) is 1. The van der Waals surface area contributed by atoms with Crippen molar-refractivity contribution in [3.8, 4) is 0 Å². The Kier molecular flexibility index (Phi) is 5.33.